The molecule has 0 unspecified atom stereocenters. The van der Waals surface area contributed by atoms with E-state index in [9.17, 15) is 9.59 Å². The van der Waals surface area contributed by atoms with E-state index in [1.807, 2.05) is 6.92 Å². The van der Waals surface area contributed by atoms with Gasteiger partial charge in [-0.1, -0.05) is 20.8 Å². The minimum atomic E-state index is -0.0732. The van der Waals surface area contributed by atoms with Crippen LogP contribution in [-0.2, 0) is 4.79 Å². The van der Waals surface area contributed by atoms with Crippen LogP contribution >= 0.6 is 0 Å². The number of hydrogen-bond donors (Lipinski definition) is 2. The largest absolute Gasteiger partial charge is 0.352 e. The second-order valence-corrected chi connectivity index (χ2v) is 5.51. The molecule has 0 spiro atoms. The summed E-state index contributed by atoms with van der Waals surface area (Å²) in [6, 6.07) is 7.00. The third-order valence-electron chi connectivity index (χ3n) is 3.74. The van der Waals surface area contributed by atoms with Gasteiger partial charge in [0, 0.05) is 24.2 Å². The summed E-state index contributed by atoms with van der Waals surface area (Å²) < 4.78 is 0. The number of hydrogen-bond acceptors (Lipinski definition) is 3. The van der Waals surface area contributed by atoms with Gasteiger partial charge < -0.3 is 15.5 Å². The number of amides is 2. The zero-order valence-corrected chi connectivity index (χ0v) is 14.5. The Bertz CT molecular complexity index is 482. The lowest BCUT2D eigenvalue weighted by atomic mass is 10.2. The molecule has 2 amide bonds. The van der Waals surface area contributed by atoms with Crippen LogP contribution in [0.3, 0.4) is 0 Å². The lowest BCUT2D eigenvalue weighted by Gasteiger charge is -2.17. The number of anilines is 1. The Hall–Kier alpha value is -1.88. The Morgan fingerprint density at radius 1 is 1.04 bits per heavy atom. The average Bonchev–Trinajstić information content (AvgIpc) is 2.55. The highest BCUT2D eigenvalue weighted by Gasteiger charge is 2.06. The van der Waals surface area contributed by atoms with Gasteiger partial charge in [-0.2, -0.15) is 0 Å². The molecule has 0 atom stereocenters. The molecule has 0 aliphatic rings. The van der Waals surface area contributed by atoms with Crippen LogP contribution in [-0.4, -0.2) is 42.9 Å². The molecule has 0 saturated carbocycles. The first kappa shape index (κ1) is 19.2. The molecule has 23 heavy (non-hydrogen) atoms. The van der Waals surface area contributed by atoms with E-state index in [4.69, 9.17) is 0 Å². The monoisotopic (exact) mass is 319 g/mol. The molecule has 128 valence electrons. The van der Waals surface area contributed by atoms with Crippen molar-refractivity contribution >= 4 is 17.5 Å². The van der Waals surface area contributed by atoms with Crippen molar-refractivity contribution in [2.75, 3.05) is 31.5 Å². The molecule has 1 aromatic carbocycles. The second-order valence-electron chi connectivity index (χ2n) is 5.51. The fourth-order valence-corrected chi connectivity index (χ4v) is 2.30. The summed E-state index contributed by atoms with van der Waals surface area (Å²) in [4.78, 5) is 25.9. The van der Waals surface area contributed by atoms with Crippen LogP contribution in [0.15, 0.2) is 24.3 Å². The summed E-state index contributed by atoms with van der Waals surface area (Å²) in [5.41, 5.74) is 1.34. The van der Waals surface area contributed by atoms with Crippen molar-refractivity contribution in [3.63, 3.8) is 0 Å². The first-order chi connectivity index (χ1) is 11.1. The molecule has 0 fully saturated rings. The molecule has 0 aliphatic heterocycles. The molecule has 1 aromatic rings. The van der Waals surface area contributed by atoms with Gasteiger partial charge in [0.25, 0.3) is 5.91 Å². The molecule has 2 N–H and O–H groups in total. The van der Waals surface area contributed by atoms with Crippen LogP contribution in [0.5, 0.6) is 0 Å². The maximum absolute atomic E-state index is 12.1. The van der Waals surface area contributed by atoms with Gasteiger partial charge in [-0.3, -0.25) is 9.59 Å². The van der Waals surface area contributed by atoms with Gasteiger partial charge in [-0.05, 0) is 56.7 Å². The molecule has 0 bridgehead atoms. The van der Waals surface area contributed by atoms with Crippen LogP contribution in [0.4, 0.5) is 5.69 Å². The third-order valence-corrected chi connectivity index (χ3v) is 3.74. The Balaban J connectivity index is 2.38. The molecule has 0 aromatic heterocycles. The van der Waals surface area contributed by atoms with Crippen molar-refractivity contribution in [3.05, 3.63) is 29.8 Å². The van der Waals surface area contributed by atoms with Crippen LogP contribution in [0, 0.1) is 0 Å². The summed E-state index contributed by atoms with van der Waals surface area (Å²) in [5.74, 6) is -0.0721. The summed E-state index contributed by atoms with van der Waals surface area (Å²) >= 11 is 0. The van der Waals surface area contributed by atoms with Gasteiger partial charge >= 0.3 is 0 Å². The van der Waals surface area contributed by atoms with Gasteiger partial charge in [0.2, 0.25) is 5.91 Å². The number of benzene rings is 1. The molecule has 5 heteroatoms. The molecular formula is C18H29N3O2. The highest BCUT2D eigenvalue weighted by molar-refractivity contribution is 5.95. The molecule has 0 aliphatic carbocycles. The van der Waals surface area contributed by atoms with E-state index in [1.165, 1.54) is 0 Å². The lowest BCUT2D eigenvalue weighted by molar-refractivity contribution is -0.116. The second kappa shape index (κ2) is 10.8. The highest BCUT2D eigenvalue weighted by Crippen LogP contribution is 2.10. The normalized spacial score (nSPS) is 10.6. The van der Waals surface area contributed by atoms with Crippen LogP contribution in [0.25, 0.3) is 0 Å². The highest BCUT2D eigenvalue weighted by atomic mass is 16.2. The van der Waals surface area contributed by atoms with Crippen LogP contribution in [0.2, 0.25) is 0 Å². The molecule has 5 nitrogen and oxygen atoms in total. The Labute approximate surface area is 139 Å². The maximum Gasteiger partial charge on any atom is 0.251 e. The number of carbonyl (C=O) groups excluding carboxylic acids is 2. The van der Waals surface area contributed by atoms with Crippen molar-refractivity contribution in [1.82, 2.24) is 10.2 Å². The Morgan fingerprint density at radius 3 is 2.26 bits per heavy atom. The van der Waals surface area contributed by atoms with Gasteiger partial charge in [0.15, 0.2) is 0 Å². The zero-order valence-electron chi connectivity index (χ0n) is 14.5. The van der Waals surface area contributed by atoms with Crippen molar-refractivity contribution in [2.24, 2.45) is 0 Å². The SMILES string of the molecule is CCCC(=O)Nc1ccc(C(=O)NCCCN(CC)CC)cc1. The van der Waals surface area contributed by atoms with Gasteiger partial charge in [0.1, 0.15) is 0 Å². The molecular weight excluding hydrogens is 290 g/mol. The molecule has 0 saturated heterocycles. The molecule has 0 heterocycles. The van der Waals surface area contributed by atoms with E-state index in [2.05, 4.69) is 29.4 Å². The minimum absolute atomic E-state index is 0.00102. The Kier molecular flexibility index (Phi) is 8.98. The number of rotatable bonds is 10. The van der Waals surface area contributed by atoms with E-state index >= 15 is 0 Å². The summed E-state index contributed by atoms with van der Waals surface area (Å²) in [5, 5.41) is 5.74. The number of carbonyl (C=O) groups is 2. The van der Waals surface area contributed by atoms with Crippen molar-refractivity contribution in [1.29, 1.82) is 0 Å². The lowest BCUT2D eigenvalue weighted by Crippen LogP contribution is -2.29. The fraction of sp³-hybridized carbons (Fsp3) is 0.556. The van der Waals surface area contributed by atoms with E-state index in [1.54, 1.807) is 24.3 Å². The quantitative estimate of drug-likeness (QED) is 0.652. The number of nitrogens with zero attached hydrogens (tertiary/aromatic N) is 1. The fourth-order valence-electron chi connectivity index (χ4n) is 2.30. The van der Waals surface area contributed by atoms with E-state index < -0.39 is 0 Å². The minimum Gasteiger partial charge on any atom is -0.352 e. The smallest absolute Gasteiger partial charge is 0.251 e. The van der Waals surface area contributed by atoms with Crippen molar-refractivity contribution < 1.29 is 9.59 Å². The summed E-state index contributed by atoms with van der Waals surface area (Å²) in [6.45, 7) is 9.99. The average molecular weight is 319 g/mol. The van der Waals surface area contributed by atoms with E-state index in [0.29, 0.717) is 18.5 Å². The van der Waals surface area contributed by atoms with E-state index in [-0.39, 0.29) is 11.8 Å². The van der Waals surface area contributed by atoms with Gasteiger partial charge in [-0.25, -0.2) is 0 Å². The number of nitrogens with one attached hydrogen (secondary N) is 2. The van der Waals surface area contributed by atoms with Crippen LogP contribution < -0.4 is 10.6 Å². The Morgan fingerprint density at radius 2 is 1.70 bits per heavy atom. The predicted molar refractivity (Wildman–Crippen MR) is 94.7 cm³/mol. The molecule has 1 rings (SSSR count). The standard InChI is InChI=1S/C18H29N3O2/c1-4-8-17(22)20-16-11-9-15(10-12-16)18(23)19-13-7-14-21(5-2)6-3/h9-12H,4-8,13-14H2,1-3H3,(H,19,23)(H,20,22). The van der Waals surface area contributed by atoms with Crippen LogP contribution in [0.1, 0.15) is 50.4 Å². The predicted octanol–water partition coefficient (Wildman–Crippen LogP) is 2.89. The summed E-state index contributed by atoms with van der Waals surface area (Å²) in [6.07, 6.45) is 2.27. The van der Waals surface area contributed by atoms with Gasteiger partial charge in [0.05, 0.1) is 0 Å². The van der Waals surface area contributed by atoms with Crippen molar-refractivity contribution in [2.45, 2.75) is 40.0 Å². The summed E-state index contributed by atoms with van der Waals surface area (Å²) in [7, 11) is 0. The topological polar surface area (TPSA) is 61.4 Å². The molecule has 0 radical (unpaired) electrons. The van der Waals surface area contributed by atoms with E-state index in [0.717, 1.165) is 38.2 Å². The van der Waals surface area contributed by atoms with Crippen molar-refractivity contribution in [3.8, 4) is 0 Å². The zero-order chi connectivity index (χ0) is 17.1. The maximum atomic E-state index is 12.1. The first-order valence-corrected chi connectivity index (χ1v) is 8.51. The third kappa shape index (κ3) is 7.28. The van der Waals surface area contributed by atoms with Gasteiger partial charge in [-0.15, -0.1) is 0 Å². The first-order valence-electron chi connectivity index (χ1n) is 8.51.